The summed E-state index contributed by atoms with van der Waals surface area (Å²) in [4.78, 5) is 0.0591. The van der Waals surface area contributed by atoms with Crippen LogP contribution in [0.1, 0.15) is 5.56 Å². The Kier molecular flexibility index (Phi) is 5.47. The van der Waals surface area contributed by atoms with Crippen LogP contribution in [0.15, 0.2) is 101 Å². The van der Waals surface area contributed by atoms with Crippen LogP contribution in [0.5, 0.6) is 0 Å². The Hall–Kier alpha value is -3.66. The van der Waals surface area contributed by atoms with E-state index in [4.69, 9.17) is 17.0 Å². The van der Waals surface area contributed by atoms with Gasteiger partial charge in [0, 0.05) is 22.5 Å². The van der Waals surface area contributed by atoms with Crippen molar-refractivity contribution in [2.75, 3.05) is 0 Å². The monoisotopic (exact) mass is 445 g/mol. The van der Waals surface area contributed by atoms with Crippen LogP contribution in [0.4, 0.5) is 0 Å². The highest BCUT2D eigenvalue weighted by molar-refractivity contribution is 7.91. The Morgan fingerprint density at radius 3 is 2.03 bits per heavy atom. The van der Waals surface area contributed by atoms with Gasteiger partial charge in [-0.3, -0.25) is 9.98 Å². The van der Waals surface area contributed by atoms with E-state index >= 15 is 0 Å². The highest BCUT2D eigenvalue weighted by atomic mass is 35.5. The summed E-state index contributed by atoms with van der Waals surface area (Å²) in [6, 6.07) is 25.5. The van der Waals surface area contributed by atoms with Gasteiger partial charge in [0.05, 0.1) is 9.79 Å². The van der Waals surface area contributed by atoms with E-state index in [1.807, 2.05) is 6.07 Å². The number of benzene rings is 3. The third-order valence-corrected chi connectivity index (χ3v) is 6.88. The number of halogens is 1. The van der Waals surface area contributed by atoms with Crippen LogP contribution in [0.25, 0.3) is 16.8 Å². The summed E-state index contributed by atoms with van der Waals surface area (Å²) in [5.41, 5.74) is 1.14. The van der Waals surface area contributed by atoms with Crippen LogP contribution >= 0.6 is 11.6 Å². The smallest absolute Gasteiger partial charge is 0.208 e. The lowest BCUT2D eigenvalue weighted by molar-refractivity contribution is 0.595. The van der Waals surface area contributed by atoms with Gasteiger partial charge >= 0.3 is 0 Å². The zero-order chi connectivity index (χ0) is 22.0. The fourth-order valence-electron chi connectivity index (χ4n) is 3.34. The molecule has 1 N–H and O–H groups in total. The summed E-state index contributed by atoms with van der Waals surface area (Å²) in [6.07, 6.45) is 1.40. The minimum Gasteiger partial charge on any atom is -0.300 e. The van der Waals surface area contributed by atoms with Crippen LogP contribution in [-0.4, -0.2) is 13.0 Å². The maximum absolute atomic E-state index is 13.6. The van der Waals surface area contributed by atoms with E-state index in [0.717, 1.165) is 0 Å². The Morgan fingerprint density at radius 1 is 0.871 bits per heavy atom. The van der Waals surface area contributed by atoms with E-state index in [1.54, 1.807) is 72.8 Å². The summed E-state index contributed by atoms with van der Waals surface area (Å²) >= 11 is 5.98. The number of hydrogen-bond acceptors (Lipinski definition) is 4. The number of aromatic nitrogens is 1. The number of rotatable bonds is 4. The molecule has 7 heteroatoms. The molecule has 3 aromatic carbocycles. The van der Waals surface area contributed by atoms with E-state index in [2.05, 4.69) is 0 Å². The largest absolute Gasteiger partial charge is 0.300 e. The van der Waals surface area contributed by atoms with Crippen molar-refractivity contribution in [1.82, 2.24) is 4.57 Å². The predicted molar refractivity (Wildman–Crippen MR) is 119 cm³/mol. The van der Waals surface area contributed by atoms with E-state index in [1.165, 1.54) is 22.9 Å². The summed E-state index contributed by atoms with van der Waals surface area (Å²) in [5, 5.41) is 19.1. The van der Waals surface area contributed by atoms with Crippen LogP contribution in [-0.2, 0) is 9.84 Å². The van der Waals surface area contributed by atoms with Crippen LogP contribution in [0, 0.1) is 16.7 Å². The average Bonchev–Trinajstić information content (AvgIpc) is 2.80. The second kappa shape index (κ2) is 8.23. The third-order valence-electron chi connectivity index (χ3n) is 4.84. The van der Waals surface area contributed by atoms with Crippen molar-refractivity contribution in [1.29, 1.82) is 10.7 Å². The fraction of sp³-hybridized carbons (Fsp3) is 0. The number of sulfone groups is 1. The first-order valence-electron chi connectivity index (χ1n) is 9.29. The van der Waals surface area contributed by atoms with Gasteiger partial charge in [0.1, 0.15) is 17.1 Å². The van der Waals surface area contributed by atoms with Crippen molar-refractivity contribution in [3.8, 4) is 22.9 Å². The molecule has 0 fully saturated rings. The number of nitrogens with zero attached hydrogens (tertiary/aromatic N) is 2. The van der Waals surface area contributed by atoms with E-state index in [9.17, 15) is 13.7 Å². The molecular formula is C24H16ClN3O2S. The van der Waals surface area contributed by atoms with Gasteiger partial charge in [-0.25, -0.2) is 8.42 Å². The second-order valence-electron chi connectivity index (χ2n) is 6.73. The minimum atomic E-state index is -3.99. The van der Waals surface area contributed by atoms with Crippen molar-refractivity contribution < 1.29 is 8.42 Å². The molecule has 4 rings (SSSR count). The molecule has 0 atom stereocenters. The molecule has 0 radical (unpaired) electrons. The lowest BCUT2D eigenvalue weighted by Gasteiger charge is -2.17. The van der Waals surface area contributed by atoms with Gasteiger partial charge in [0.25, 0.3) is 0 Å². The Balaban J connectivity index is 2.13. The number of hydrogen-bond donors (Lipinski definition) is 1. The third kappa shape index (κ3) is 3.77. The predicted octanol–water partition coefficient (Wildman–Crippen LogP) is 4.98. The Labute approximate surface area is 184 Å². The molecule has 0 bridgehead atoms. The second-order valence-corrected chi connectivity index (χ2v) is 9.09. The van der Waals surface area contributed by atoms with Crippen molar-refractivity contribution in [3.05, 3.63) is 107 Å². The Morgan fingerprint density at radius 2 is 1.45 bits per heavy atom. The highest BCUT2D eigenvalue weighted by Gasteiger charge is 2.27. The first kappa shape index (κ1) is 20.6. The molecule has 1 heterocycles. The topological polar surface area (TPSA) is 86.7 Å². The lowest BCUT2D eigenvalue weighted by atomic mass is 10.0. The number of nitrogens with one attached hydrogen (secondary N) is 1. The lowest BCUT2D eigenvalue weighted by Crippen LogP contribution is -2.24. The van der Waals surface area contributed by atoms with E-state index in [-0.39, 0.29) is 26.4 Å². The first-order valence-corrected chi connectivity index (χ1v) is 11.2. The first-order chi connectivity index (χ1) is 14.9. The quantitative estimate of drug-likeness (QED) is 0.480. The van der Waals surface area contributed by atoms with E-state index < -0.39 is 9.84 Å². The van der Waals surface area contributed by atoms with Crippen molar-refractivity contribution in [2.24, 2.45) is 0 Å². The van der Waals surface area contributed by atoms with Gasteiger partial charge in [-0.15, -0.1) is 0 Å². The van der Waals surface area contributed by atoms with Crippen LogP contribution in [0.2, 0.25) is 5.02 Å². The Bertz CT molecular complexity index is 1460. The SMILES string of the molecule is N#Cc1c(-c2ccccc2)c(S(=O)(=O)c2ccccc2)cn(-c2ccc(Cl)cc2)c1=N. The molecule has 4 aromatic rings. The molecule has 31 heavy (non-hydrogen) atoms. The molecule has 0 aliphatic heterocycles. The molecular weight excluding hydrogens is 430 g/mol. The zero-order valence-corrected chi connectivity index (χ0v) is 17.7. The van der Waals surface area contributed by atoms with E-state index in [0.29, 0.717) is 16.3 Å². The van der Waals surface area contributed by atoms with Gasteiger partial charge in [0.2, 0.25) is 9.84 Å². The normalized spacial score (nSPS) is 11.1. The molecule has 5 nitrogen and oxygen atoms in total. The zero-order valence-electron chi connectivity index (χ0n) is 16.2. The summed E-state index contributed by atoms with van der Waals surface area (Å²) in [5.74, 6) is 0. The average molecular weight is 446 g/mol. The number of nitriles is 1. The summed E-state index contributed by atoms with van der Waals surface area (Å²) in [7, 11) is -3.99. The summed E-state index contributed by atoms with van der Waals surface area (Å²) in [6.45, 7) is 0. The van der Waals surface area contributed by atoms with Crippen LogP contribution < -0.4 is 5.49 Å². The fourth-order valence-corrected chi connectivity index (χ4v) is 4.97. The van der Waals surface area contributed by atoms with Gasteiger partial charge in [-0.05, 0) is 42.0 Å². The minimum absolute atomic E-state index is 0.0295. The van der Waals surface area contributed by atoms with Crippen LogP contribution in [0.3, 0.4) is 0 Å². The molecule has 0 saturated carbocycles. The maximum Gasteiger partial charge on any atom is 0.208 e. The van der Waals surface area contributed by atoms with Gasteiger partial charge < -0.3 is 0 Å². The number of pyridine rings is 1. The summed E-state index contributed by atoms with van der Waals surface area (Å²) < 4.78 is 28.7. The molecule has 0 spiro atoms. The van der Waals surface area contributed by atoms with Crippen molar-refractivity contribution in [3.63, 3.8) is 0 Å². The standard InChI is InChI=1S/C24H16ClN3O2S/c25-18-11-13-19(14-12-18)28-16-22(31(29,30)20-9-5-2-6-10-20)23(21(15-26)24(28)27)17-7-3-1-4-8-17/h1-14,16,27H. The maximum atomic E-state index is 13.6. The van der Waals surface area contributed by atoms with Gasteiger partial charge in [-0.1, -0.05) is 60.1 Å². The molecule has 0 aliphatic carbocycles. The van der Waals surface area contributed by atoms with Crippen molar-refractivity contribution in [2.45, 2.75) is 9.79 Å². The molecule has 152 valence electrons. The van der Waals surface area contributed by atoms with Crippen molar-refractivity contribution >= 4 is 21.4 Å². The molecule has 0 saturated heterocycles. The highest BCUT2D eigenvalue weighted by Crippen LogP contribution is 2.33. The van der Waals surface area contributed by atoms with Gasteiger partial charge in [0.15, 0.2) is 0 Å². The molecule has 0 amide bonds. The molecule has 0 aliphatic rings. The van der Waals surface area contributed by atoms with Gasteiger partial charge in [-0.2, -0.15) is 5.26 Å². The molecule has 1 aromatic heterocycles. The molecule has 0 unspecified atom stereocenters.